The van der Waals surface area contributed by atoms with E-state index in [4.69, 9.17) is 10.5 Å². The van der Waals surface area contributed by atoms with Gasteiger partial charge < -0.3 is 15.8 Å². The van der Waals surface area contributed by atoms with Crippen molar-refractivity contribution in [3.63, 3.8) is 0 Å². The molecule has 0 spiro atoms. The number of ether oxygens (including phenoxy) is 1. The molecule has 2 unspecified atom stereocenters. The number of hydrogen-bond donors (Lipinski definition) is 2. The molecule has 0 aliphatic carbocycles. The first kappa shape index (κ1) is 10.5. The van der Waals surface area contributed by atoms with E-state index in [9.17, 15) is 4.79 Å². The monoisotopic (exact) mass is 186 g/mol. The van der Waals surface area contributed by atoms with Crippen LogP contribution in [0.3, 0.4) is 0 Å². The molecule has 1 fully saturated rings. The van der Waals surface area contributed by atoms with Gasteiger partial charge in [0, 0.05) is 13.2 Å². The summed E-state index contributed by atoms with van der Waals surface area (Å²) in [5.41, 5.74) is 5.23. The Balaban J connectivity index is 2.54. The third kappa shape index (κ3) is 2.42. The zero-order chi connectivity index (χ0) is 9.84. The smallest absolute Gasteiger partial charge is 0.222 e. The molecule has 1 aliphatic rings. The summed E-state index contributed by atoms with van der Waals surface area (Å²) < 4.78 is 5.29. The first-order valence-electron chi connectivity index (χ1n) is 4.72. The minimum atomic E-state index is -0.291. The molecule has 4 heteroatoms. The molecule has 1 saturated heterocycles. The minimum absolute atomic E-state index is 0.0833. The molecule has 1 heterocycles. The molecule has 76 valence electrons. The number of hydrogen-bond acceptors (Lipinski definition) is 3. The zero-order valence-corrected chi connectivity index (χ0v) is 8.25. The van der Waals surface area contributed by atoms with Crippen LogP contribution in [0.15, 0.2) is 0 Å². The lowest BCUT2D eigenvalue weighted by molar-refractivity contribution is -0.126. The van der Waals surface area contributed by atoms with Crippen LogP contribution in [0.25, 0.3) is 0 Å². The second-order valence-electron chi connectivity index (χ2n) is 3.59. The highest BCUT2D eigenvalue weighted by molar-refractivity contribution is 5.77. The first-order valence-corrected chi connectivity index (χ1v) is 4.72. The predicted octanol–water partition coefficient (Wildman–Crippen LogP) is -0.125. The van der Waals surface area contributed by atoms with Gasteiger partial charge in [0.25, 0.3) is 0 Å². The zero-order valence-electron chi connectivity index (χ0n) is 8.25. The Kier molecular flexibility index (Phi) is 3.69. The van der Waals surface area contributed by atoms with Crippen molar-refractivity contribution in [1.29, 1.82) is 0 Å². The highest BCUT2D eigenvalue weighted by Gasteiger charge is 2.31. The number of carbonyl (C=O) groups is 1. The first-order chi connectivity index (χ1) is 6.16. The van der Waals surface area contributed by atoms with Gasteiger partial charge in [-0.15, -0.1) is 0 Å². The Morgan fingerprint density at radius 3 is 2.77 bits per heavy atom. The van der Waals surface area contributed by atoms with E-state index in [0.29, 0.717) is 0 Å². The molecule has 0 bridgehead atoms. The Labute approximate surface area is 78.8 Å². The van der Waals surface area contributed by atoms with Gasteiger partial charge in [-0.3, -0.25) is 4.79 Å². The van der Waals surface area contributed by atoms with Crippen LogP contribution in [0.5, 0.6) is 0 Å². The van der Waals surface area contributed by atoms with E-state index in [1.807, 2.05) is 6.92 Å². The summed E-state index contributed by atoms with van der Waals surface area (Å²) in [4.78, 5) is 11.0. The van der Waals surface area contributed by atoms with Crippen LogP contribution in [-0.4, -0.2) is 31.7 Å². The van der Waals surface area contributed by atoms with Crippen molar-refractivity contribution >= 4 is 5.91 Å². The second kappa shape index (κ2) is 4.58. The van der Waals surface area contributed by atoms with Crippen LogP contribution in [0.2, 0.25) is 0 Å². The van der Waals surface area contributed by atoms with E-state index in [1.54, 1.807) is 7.11 Å². The summed E-state index contributed by atoms with van der Waals surface area (Å²) in [5.74, 6) is -0.513. The quantitative estimate of drug-likeness (QED) is 0.643. The fraction of sp³-hybridized carbons (Fsp3) is 0.889. The Morgan fingerprint density at radius 1 is 1.69 bits per heavy atom. The number of nitrogens with two attached hydrogens (primary N) is 1. The van der Waals surface area contributed by atoms with Crippen LogP contribution < -0.4 is 11.1 Å². The molecule has 0 aromatic rings. The van der Waals surface area contributed by atoms with Crippen molar-refractivity contribution in [2.24, 2.45) is 11.7 Å². The topological polar surface area (TPSA) is 64.3 Å². The van der Waals surface area contributed by atoms with Crippen molar-refractivity contribution < 1.29 is 9.53 Å². The predicted molar refractivity (Wildman–Crippen MR) is 50.2 cm³/mol. The molecular formula is C9H18N2O2. The van der Waals surface area contributed by atoms with Gasteiger partial charge in [0.05, 0.1) is 12.0 Å². The standard InChI is InChI=1S/C9H18N2O2/c1-6(9(10)12)8(13-2)7-4-3-5-11-7/h6-8,11H,3-5H2,1-2H3,(H2,10,12)/t6?,7-,8?/m0/s1. The highest BCUT2D eigenvalue weighted by atomic mass is 16.5. The van der Waals surface area contributed by atoms with Crippen LogP contribution >= 0.6 is 0 Å². The SMILES string of the molecule is COC(C(C)C(N)=O)[C@@H]1CCCN1. The van der Waals surface area contributed by atoms with Gasteiger partial charge in [0.1, 0.15) is 0 Å². The molecule has 1 aliphatic heterocycles. The van der Waals surface area contributed by atoms with E-state index >= 15 is 0 Å². The number of amides is 1. The maximum Gasteiger partial charge on any atom is 0.222 e. The maximum atomic E-state index is 11.0. The van der Waals surface area contributed by atoms with E-state index < -0.39 is 0 Å². The largest absolute Gasteiger partial charge is 0.379 e. The van der Waals surface area contributed by atoms with Crippen molar-refractivity contribution in [3.05, 3.63) is 0 Å². The van der Waals surface area contributed by atoms with Gasteiger partial charge >= 0.3 is 0 Å². The average molecular weight is 186 g/mol. The van der Waals surface area contributed by atoms with E-state index in [-0.39, 0.29) is 24.0 Å². The van der Waals surface area contributed by atoms with Crippen LogP contribution in [-0.2, 0) is 9.53 Å². The molecule has 4 nitrogen and oxygen atoms in total. The van der Waals surface area contributed by atoms with E-state index in [1.165, 1.54) is 0 Å². The summed E-state index contributed by atoms with van der Waals surface area (Å²) in [7, 11) is 1.63. The molecule has 0 aromatic heterocycles. The summed E-state index contributed by atoms with van der Waals surface area (Å²) in [6.45, 7) is 2.83. The summed E-state index contributed by atoms with van der Waals surface area (Å²) in [6.07, 6.45) is 2.13. The van der Waals surface area contributed by atoms with Gasteiger partial charge in [0.2, 0.25) is 5.91 Å². The third-order valence-corrected chi connectivity index (χ3v) is 2.71. The number of primary amides is 1. The van der Waals surface area contributed by atoms with E-state index in [2.05, 4.69) is 5.32 Å². The van der Waals surface area contributed by atoms with Crippen LogP contribution in [0.4, 0.5) is 0 Å². The van der Waals surface area contributed by atoms with E-state index in [0.717, 1.165) is 19.4 Å². The Hall–Kier alpha value is -0.610. The Bertz CT molecular complexity index is 178. The van der Waals surface area contributed by atoms with Crippen molar-refractivity contribution in [2.45, 2.75) is 31.9 Å². The fourth-order valence-electron chi connectivity index (χ4n) is 1.87. The van der Waals surface area contributed by atoms with Gasteiger partial charge in [-0.25, -0.2) is 0 Å². The number of carbonyl (C=O) groups excluding carboxylic acids is 1. The Morgan fingerprint density at radius 2 is 2.38 bits per heavy atom. The second-order valence-corrected chi connectivity index (χ2v) is 3.59. The summed E-state index contributed by atoms with van der Waals surface area (Å²) >= 11 is 0. The molecule has 0 radical (unpaired) electrons. The van der Waals surface area contributed by atoms with Crippen LogP contribution in [0.1, 0.15) is 19.8 Å². The van der Waals surface area contributed by atoms with Gasteiger partial charge in [-0.05, 0) is 19.4 Å². The summed E-state index contributed by atoms with van der Waals surface area (Å²) in [5, 5.41) is 3.31. The lowest BCUT2D eigenvalue weighted by atomic mass is 9.96. The normalized spacial score (nSPS) is 27.1. The molecule has 3 atom stereocenters. The third-order valence-electron chi connectivity index (χ3n) is 2.71. The molecule has 3 N–H and O–H groups in total. The average Bonchev–Trinajstić information content (AvgIpc) is 2.58. The van der Waals surface area contributed by atoms with Crippen molar-refractivity contribution in [3.8, 4) is 0 Å². The molecule has 1 amide bonds. The van der Waals surface area contributed by atoms with Gasteiger partial charge in [0.15, 0.2) is 0 Å². The molecule has 13 heavy (non-hydrogen) atoms. The molecule has 0 saturated carbocycles. The van der Waals surface area contributed by atoms with Gasteiger partial charge in [-0.2, -0.15) is 0 Å². The van der Waals surface area contributed by atoms with Gasteiger partial charge in [-0.1, -0.05) is 6.92 Å². The number of rotatable bonds is 4. The minimum Gasteiger partial charge on any atom is -0.379 e. The molecule has 0 aromatic carbocycles. The lowest BCUT2D eigenvalue weighted by Gasteiger charge is -2.26. The number of nitrogens with one attached hydrogen (secondary N) is 1. The van der Waals surface area contributed by atoms with Crippen LogP contribution in [0, 0.1) is 5.92 Å². The molecular weight excluding hydrogens is 168 g/mol. The highest BCUT2D eigenvalue weighted by Crippen LogP contribution is 2.18. The lowest BCUT2D eigenvalue weighted by Crippen LogP contribution is -2.44. The summed E-state index contributed by atoms with van der Waals surface area (Å²) in [6, 6.07) is 0.285. The fourth-order valence-corrected chi connectivity index (χ4v) is 1.87. The number of methoxy groups -OCH3 is 1. The molecule has 1 rings (SSSR count). The van der Waals surface area contributed by atoms with Crippen molar-refractivity contribution in [1.82, 2.24) is 5.32 Å². The maximum absolute atomic E-state index is 11.0. The van der Waals surface area contributed by atoms with Crippen molar-refractivity contribution in [2.75, 3.05) is 13.7 Å².